The van der Waals surface area contributed by atoms with Gasteiger partial charge in [0.2, 0.25) is 0 Å². The number of hydrogen-bond acceptors (Lipinski definition) is 5. The van der Waals surface area contributed by atoms with Gasteiger partial charge in [-0.2, -0.15) is 0 Å². The summed E-state index contributed by atoms with van der Waals surface area (Å²) in [6, 6.07) is 11.4. The van der Waals surface area contributed by atoms with Crippen molar-refractivity contribution in [2.75, 3.05) is 5.32 Å². The number of nitro groups is 1. The van der Waals surface area contributed by atoms with Crippen molar-refractivity contribution in [3.05, 3.63) is 92.6 Å². The molecule has 0 saturated heterocycles. The maximum Gasteiger partial charge on any atom is 0.269 e. The number of halogens is 1. The molecule has 1 amide bonds. The first-order valence-corrected chi connectivity index (χ1v) is 10.6. The molecule has 2 aromatic rings. The first kappa shape index (κ1) is 22.4. The lowest BCUT2D eigenvalue weighted by Crippen LogP contribution is -2.39. The number of Topliss-reactive ketones (excluding diaryl/α,β-unsaturated/α-hetero) is 1. The molecule has 0 fully saturated rings. The maximum atomic E-state index is 13.4. The third-order valence-corrected chi connectivity index (χ3v) is 6.00. The number of nitro benzene ring substituents is 1. The molecule has 33 heavy (non-hydrogen) atoms. The van der Waals surface area contributed by atoms with E-state index in [1.807, 2.05) is 13.8 Å². The monoisotopic (exact) mass is 449 g/mol. The van der Waals surface area contributed by atoms with Crippen molar-refractivity contribution in [2.24, 2.45) is 5.41 Å². The van der Waals surface area contributed by atoms with Gasteiger partial charge in [0, 0.05) is 52.7 Å². The molecule has 1 heterocycles. The fourth-order valence-electron chi connectivity index (χ4n) is 4.62. The van der Waals surface area contributed by atoms with Gasteiger partial charge in [-0.3, -0.25) is 19.7 Å². The number of non-ortho nitro benzene ring substituents is 1. The molecular formula is C25H24FN3O4. The van der Waals surface area contributed by atoms with Crippen LogP contribution in [0.25, 0.3) is 0 Å². The van der Waals surface area contributed by atoms with E-state index in [1.165, 1.54) is 36.4 Å². The summed E-state index contributed by atoms with van der Waals surface area (Å²) in [7, 11) is 0. The number of nitrogens with zero attached hydrogens (tertiary/aromatic N) is 1. The van der Waals surface area contributed by atoms with Crippen molar-refractivity contribution in [1.29, 1.82) is 0 Å². The van der Waals surface area contributed by atoms with Crippen LogP contribution in [-0.4, -0.2) is 16.6 Å². The van der Waals surface area contributed by atoms with Crippen molar-refractivity contribution in [1.82, 2.24) is 5.32 Å². The normalized spacial score (nSPS) is 19.6. The van der Waals surface area contributed by atoms with Crippen LogP contribution in [0.1, 0.15) is 45.1 Å². The summed E-state index contributed by atoms with van der Waals surface area (Å²) in [5.41, 5.74) is 2.60. The fourth-order valence-corrected chi connectivity index (χ4v) is 4.62. The van der Waals surface area contributed by atoms with Gasteiger partial charge >= 0.3 is 0 Å². The van der Waals surface area contributed by atoms with Crippen molar-refractivity contribution in [3.63, 3.8) is 0 Å². The molecule has 170 valence electrons. The summed E-state index contributed by atoms with van der Waals surface area (Å²) in [6.07, 6.45) is 0.925. The van der Waals surface area contributed by atoms with Crippen LogP contribution < -0.4 is 10.6 Å². The van der Waals surface area contributed by atoms with E-state index in [-0.39, 0.29) is 16.9 Å². The number of dihydropyridines is 1. The molecule has 0 spiro atoms. The molecule has 2 aliphatic rings. The number of nitrogens with one attached hydrogen (secondary N) is 2. The van der Waals surface area contributed by atoms with Crippen molar-refractivity contribution >= 4 is 23.1 Å². The Morgan fingerprint density at radius 1 is 1.18 bits per heavy atom. The second kappa shape index (κ2) is 8.27. The van der Waals surface area contributed by atoms with Crippen LogP contribution in [0.5, 0.6) is 0 Å². The van der Waals surface area contributed by atoms with E-state index in [1.54, 1.807) is 19.1 Å². The van der Waals surface area contributed by atoms with Gasteiger partial charge in [0.15, 0.2) is 5.78 Å². The molecule has 0 radical (unpaired) electrons. The first-order chi connectivity index (χ1) is 15.6. The highest BCUT2D eigenvalue weighted by molar-refractivity contribution is 6.10. The summed E-state index contributed by atoms with van der Waals surface area (Å²) in [4.78, 5) is 37.6. The Kier molecular flexibility index (Phi) is 5.61. The minimum absolute atomic E-state index is 0.0927. The molecule has 1 atom stereocenters. The lowest BCUT2D eigenvalue weighted by atomic mass is 9.68. The van der Waals surface area contributed by atoms with Crippen LogP contribution in [-0.2, 0) is 9.59 Å². The van der Waals surface area contributed by atoms with Crippen LogP contribution in [0.4, 0.5) is 15.8 Å². The highest BCUT2D eigenvalue weighted by atomic mass is 19.1. The van der Waals surface area contributed by atoms with Crippen molar-refractivity contribution < 1.29 is 18.9 Å². The number of carbonyl (C=O) groups is 2. The number of hydrogen-bond donors (Lipinski definition) is 2. The molecule has 2 N–H and O–H groups in total. The van der Waals surface area contributed by atoms with E-state index in [9.17, 15) is 24.1 Å². The SMILES string of the molecule is CC1=C(C(=O)Nc2ccc(F)cc2)[C@H](c2cccc([N+](=O)[O-])c2)C2=C(CC(C)(C)CC2=O)N1. The Balaban J connectivity index is 1.83. The fraction of sp³-hybridized carbons (Fsp3) is 0.280. The number of carbonyl (C=O) groups excluding carboxylic acids is 2. The number of allylic oxidation sites excluding steroid dienone is 3. The molecule has 7 nitrogen and oxygen atoms in total. The van der Waals surface area contributed by atoms with Crippen LogP contribution in [0.2, 0.25) is 0 Å². The van der Waals surface area contributed by atoms with E-state index < -0.39 is 22.6 Å². The van der Waals surface area contributed by atoms with Gasteiger partial charge in [0.05, 0.1) is 4.92 Å². The Morgan fingerprint density at radius 3 is 2.55 bits per heavy atom. The minimum Gasteiger partial charge on any atom is -0.362 e. The minimum atomic E-state index is -0.759. The summed E-state index contributed by atoms with van der Waals surface area (Å²) in [5.74, 6) is -1.75. The third kappa shape index (κ3) is 4.41. The van der Waals surface area contributed by atoms with Gasteiger partial charge in [0.1, 0.15) is 5.82 Å². The zero-order chi connectivity index (χ0) is 23.9. The molecule has 2 aromatic carbocycles. The van der Waals surface area contributed by atoms with E-state index in [0.29, 0.717) is 40.9 Å². The predicted molar refractivity (Wildman–Crippen MR) is 122 cm³/mol. The summed E-state index contributed by atoms with van der Waals surface area (Å²) >= 11 is 0. The van der Waals surface area contributed by atoms with E-state index in [0.717, 1.165) is 5.70 Å². The van der Waals surface area contributed by atoms with Gasteiger partial charge in [-0.25, -0.2) is 4.39 Å². The van der Waals surface area contributed by atoms with Gasteiger partial charge in [-0.1, -0.05) is 26.0 Å². The average Bonchev–Trinajstić information content (AvgIpc) is 2.73. The largest absolute Gasteiger partial charge is 0.362 e. The van der Waals surface area contributed by atoms with Gasteiger partial charge in [0.25, 0.3) is 11.6 Å². The molecule has 0 bridgehead atoms. The summed E-state index contributed by atoms with van der Waals surface area (Å²) < 4.78 is 13.3. The molecule has 0 aromatic heterocycles. The number of ketones is 1. The van der Waals surface area contributed by atoms with Gasteiger partial charge < -0.3 is 10.6 Å². The van der Waals surface area contributed by atoms with Gasteiger partial charge in [-0.05, 0) is 48.6 Å². The molecular weight excluding hydrogens is 425 g/mol. The third-order valence-electron chi connectivity index (χ3n) is 6.00. The number of amides is 1. The smallest absolute Gasteiger partial charge is 0.269 e. The quantitative estimate of drug-likeness (QED) is 0.507. The highest BCUT2D eigenvalue weighted by Gasteiger charge is 2.43. The van der Waals surface area contributed by atoms with Crippen LogP contribution in [0.15, 0.2) is 71.1 Å². The molecule has 0 unspecified atom stereocenters. The zero-order valence-corrected chi connectivity index (χ0v) is 18.6. The molecule has 4 rings (SSSR count). The van der Waals surface area contributed by atoms with Crippen molar-refractivity contribution in [2.45, 2.75) is 39.5 Å². The molecule has 8 heteroatoms. The molecule has 0 saturated carbocycles. The molecule has 1 aliphatic carbocycles. The average molecular weight is 449 g/mol. The van der Waals surface area contributed by atoms with E-state index in [2.05, 4.69) is 10.6 Å². The lowest BCUT2D eigenvalue weighted by molar-refractivity contribution is -0.384. The Bertz CT molecular complexity index is 1230. The maximum absolute atomic E-state index is 13.4. The van der Waals surface area contributed by atoms with Gasteiger partial charge in [-0.15, -0.1) is 0 Å². The Hall–Kier alpha value is -3.81. The second-order valence-electron chi connectivity index (χ2n) is 9.24. The van der Waals surface area contributed by atoms with Crippen LogP contribution in [0, 0.1) is 21.3 Å². The standard InChI is InChI=1S/C25H24FN3O4/c1-14-21(24(31)28-17-9-7-16(26)8-10-17)22(15-5-4-6-18(11-15)29(32)33)23-19(27-14)12-25(2,3)13-20(23)30/h4-11,22,27H,12-13H2,1-3H3,(H,28,31)/t22-/m0/s1. The predicted octanol–water partition coefficient (Wildman–Crippen LogP) is 4.98. The highest BCUT2D eigenvalue weighted by Crippen LogP contribution is 2.47. The molecule has 1 aliphatic heterocycles. The summed E-state index contributed by atoms with van der Waals surface area (Å²) in [5, 5.41) is 17.4. The second-order valence-corrected chi connectivity index (χ2v) is 9.24. The number of anilines is 1. The van der Waals surface area contributed by atoms with E-state index >= 15 is 0 Å². The van der Waals surface area contributed by atoms with Crippen LogP contribution in [0.3, 0.4) is 0 Å². The first-order valence-electron chi connectivity index (χ1n) is 10.6. The Morgan fingerprint density at radius 2 is 1.88 bits per heavy atom. The summed E-state index contributed by atoms with van der Waals surface area (Å²) in [6.45, 7) is 5.77. The van der Waals surface area contributed by atoms with Crippen LogP contribution >= 0.6 is 0 Å². The lowest BCUT2D eigenvalue weighted by Gasteiger charge is -2.39. The number of rotatable bonds is 4. The number of benzene rings is 2. The topological polar surface area (TPSA) is 101 Å². The Labute approximate surface area is 190 Å². The van der Waals surface area contributed by atoms with Crippen molar-refractivity contribution in [3.8, 4) is 0 Å². The zero-order valence-electron chi connectivity index (χ0n) is 18.6. The van der Waals surface area contributed by atoms with E-state index in [4.69, 9.17) is 0 Å².